The molecule has 2 rings (SSSR count). The lowest BCUT2D eigenvalue weighted by Crippen LogP contribution is -2.33. The van der Waals surface area contributed by atoms with E-state index in [1.165, 1.54) is 11.3 Å². The van der Waals surface area contributed by atoms with Crippen molar-refractivity contribution in [3.63, 3.8) is 0 Å². The molecule has 2 nitrogen and oxygen atoms in total. The van der Waals surface area contributed by atoms with E-state index in [-0.39, 0.29) is 0 Å². The number of carbonyl (C=O) groups excluding carboxylic acids is 1. The minimum atomic E-state index is 0.414. The summed E-state index contributed by atoms with van der Waals surface area (Å²) in [5, 5.41) is 0. The molecule has 1 saturated carbocycles. The first kappa shape index (κ1) is 11.2. The van der Waals surface area contributed by atoms with Gasteiger partial charge in [-0.25, -0.2) is 0 Å². The fourth-order valence-corrected chi connectivity index (χ4v) is 2.57. The standard InChI is InChI=1S/C14H19NO/c1-3-15(12-8-9-13(16)10-12)14-7-5-4-6-11(14)2/h4-7,12H,3,8-10H2,1-2H3. The van der Waals surface area contributed by atoms with Gasteiger partial charge in [-0.05, 0) is 31.9 Å². The van der Waals surface area contributed by atoms with E-state index >= 15 is 0 Å². The number of aryl methyl sites for hydroxylation is 1. The molecule has 1 aromatic carbocycles. The maximum atomic E-state index is 11.4. The summed E-state index contributed by atoms with van der Waals surface area (Å²) in [4.78, 5) is 13.7. The van der Waals surface area contributed by atoms with Crippen molar-refractivity contribution < 1.29 is 4.79 Å². The van der Waals surface area contributed by atoms with Gasteiger partial charge in [0.2, 0.25) is 0 Å². The van der Waals surface area contributed by atoms with E-state index in [2.05, 4.69) is 43.0 Å². The molecule has 0 saturated heterocycles. The third-order valence-electron chi connectivity index (χ3n) is 3.43. The fourth-order valence-electron chi connectivity index (χ4n) is 2.57. The highest BCUT2D eigenvalue weighted by Gasteiger charge is 2.27. The molecule has 1 atom stereocenters. The van der Waals surface area contributed by atoms with Crippen LogP contribution in [0.3, 0.4) is 0 Å². The molecule has 0 amide bonds. The quantitative estimate of drug-likeness (QED) is 0.776. The minimum Gasteiger partial charge on any atom is -0.368 e. The molecule has 1 aromatic rings. The highest BCUT2D eigenvalue weighted by molar-refractivity contribution is 5.82. The molecule has 0 radical (unpaired) electrons. The summed E-state index contributed by atoms with van der Waals surface area (Å²) in [6.45, 7) is 5.27. The van der Waals surface area contributed by atoms with Crippen molar-refractivity contribution in [2.75, 3.05) is 11.4 Å². The average molecular weight is 217 g/mol. The Labute approximate surface area is 97.3 Å². The van der Waals surface area contributed by atoms with Crippen molar-refractivity contribution in [2.45, 2.75) is 39.2 Å². The van der Waals surface area contributed by atoms with Crippen LogP contribution in [0.1, 0.15) is 31.7 Å². The highest BCUT2D eigenvalue weighted by Crippen LogP contribution is 2.28. The Hall–Kier alpha value is -1.31. The topological polar surface area (TPSA) is 20.3 Å². The maximum Gasteiger partial charge on any atom is 0.135 e. The summed E-state index contributed by atoms with van der Waals surface area (Å²) >= 11 is 0. The first-order valence-corrected chi connectivity index (χ1v) is 6.06. The van der Waals surface area contributed by atoms with Crippen LogP contribution in [0.15, 0.2) is 24.3 Å². The van der Waals surface area contributed by atoms with E-state index in [0.717, 1.165) is 25.8 Å². The van der Waals surface area contributed by atoms with Crippen LogP contribution in [0.4, 0.5) is 5.69 Å². The van der Waals surface area contributed by atoms with E-state index < -0.39 is 0 Å². The van der Waals surface area contributed by atoms with Crippen LogP contribution in [0.5, 0.6) is 0 Å². The molecule has 1 aliphatic rings. The monoisotopic (exact) mass is 217 g/mol. The SMILES string of the molecule is CCN(c1ccccc1C)C1CCC(=O)C1. The summed E-state index contributed by atoms with van der Waals surface area (Å²) in [5.74, 6) is 0.414. The molecule has 2 heteroatoms. The van der Waals surface area contributed by atoms with Crippen LogP contribution >= 0.6 is 0 Å². The molecule has 0 aliphatic heterocycles. The first-order chi connectivity index (χ1) is 7.72. The number of Topliss-reactive ketones (excluding diaryl/α,β-unsaturated/α-hetero) is 1. The van der Waals surface area contributed by atoms with Crippen LogP contribution < -0.4 is 4.90 Å². The zero-order chi connectivity index (χ0) is 11.5. The summed E-state index contributed by atoms with van der Waals surface area (Å²) in [6.07, 6.45) is 2.50. The van der Waals surface area contributed by atoms with Gasteiger partial charge >= 0.3 is 0 Å². The zero-order valence-corrected chi connectivity index (χ0v) is 10.1. The number of carbonyl (C=O) groups is 1. The van der Waals surface area contributed by atoms with Gasteiger partial charge in [-0.1, -0.05) is 18.2 Å². The van der Waals surface area contributed by atoms with Crippen LogP contribution in [-0.4, -0.2) is 18.4 Å². The van der Waals surface area contributed by atoms with Crippen molar-refractivity contribution >= 4 is 11.5 Å². The van der Waals surface area contributed by atoms with E-state index in [1.807, 2.05) is 0 Å². The van der Waals surface area contributed by atoms with Gasteiger partial charge in [0, 0.05) is 31.1 Å². The molecule has 1 unspecified atom stereocenters. The van der Waals surface area contributed by atoms with E-state index in [0.29, 0.717) is 11.8 Å². The number of hydrogen-bond acceptors (Lipinski definition) is 2. The predicted octanol–water partition coefficient (Wildman–Crippen LogP) is 2.94. The number of anilines is 1. The van der Waals surface area contributed by atoms with Gasteiger partial charge in [0.25, 0.3) is 0 Å². The summed E-state index contributed by atoms with van der Waals surface area (Å²) < 4.78 is 0. The zero-order valence-electron chi connectivity index (χ0n) is 10.1. The average Bonchev–Trinajstić information content (AvgIpc) is 2.69. The Morgan fingerprint density at radius 2 is 2.12 bits per heavy atom. The second-order valence-electron chi connectivity index (χ2n) is 4.51. The molecule has 0 bridgehead atoms. The number of nitrogens with zero attached hydrogens (tertiary/aromatic N) is 1. The van der Waals surface area contributed by atoms with Crippen molar-refractivity contribution in [1.29, 1.82) is 0 Å². The predicted molar refractivity (Wildman–Crippen MR) is 66.8 cm³/mol. The van der Waals surface area contributed by atoms with Crippen LogP contribution in [0.25, 0.3) is 0 Å². The third kappa shape index (κ3) is 2.11. The lowest BCUT2D eigenvalue weighted by Gasteiger charge is -2.30. The van der Waals surface area contributed by atoms with Crippen LogP contribution in [0.2, 0.25) is 0 Å². The van der Waals surface area contributed by atoms with Crippen molar-refractivity contribution in [3.05, 3.63) is 29.8 Å². The summed E-state index contributed by atoms with van der Waals surface area (Å²) in [7, 11) is 0. The Morgan fingerprint density at radius 1 is 1.38 bits per heavy atom. The maximum absolute atomic E-state index is 11.4. The third-order valence-corrected chi connectivity index (χ3v) is 3.43. The number of hydrogen-bond donors (Lipinski definition) is 0. The van der Waals surface area contributed by atoms with Crippen molar-refractivity contribution in [3.8, 4) is 0 Å². The lowest BCUT2D eigenvalue weighted by atomic mass is 10.1. The van der Waals surface area contributed by atoms with Crippen molar-refractivity contribution in [1.82, 2.24) is 0 Å². The fraction of sp³-hybridized carbons (Fsp3) is 0.500. The smallest absolute Gasteiger partial charge is 0.135 e. The molecule has 0 aromatic heterocycles. The Balaban J connectivity index is 2.23. The molecule has 16 heavy (non-hydrogen) atoms. The van der Waals surface area contributed by atoms with Gasteiger partial charge in [-0.15, -0.1) is 0 Å². The number of benzene rings is 1. The molecule has 86 valence electrons. The van der Waals surface area contributed by atoms with Gasteiger partial charge in [-0.2, -0.15) is 0 Å². The summed E-state index contributed by atoms with van der Waals surface area (Å²) in [5.41, 5.74) is 2.58. The van der Waals surface area contributed by atoms with Crippen LogP contribution in [-0.2, 0) is 4.79 Å². The number of para-hydroxylation sites is 1. The second kappa shape index (κ2) is 4.69. The number of ketones is 1. The molecule has 1 fully saturated rings. The van der Waals surface area contributed by atoms with Gasteiger partial charge in [0.15, 0.2) is 0 Å². The molecular weight excluding hydrogens is 198 g/mol. The largest absolute Gasteiger partial charge is 0.368 e. The molecular formula is C14H19NO. The van der Waals surface area contributed by atoms with Gasteiger partial charge in [-0.3, -0.25) is 4.79 Å². The van der Waals surface area contributed by atoms with Gasteiger partial charge < -0.3 is 4.90 Å². The van der Waals surface area contributed by atoms with E-state index in [1.54, 1.807) is 0 Å². The number of rotatable bonds is 3. The van der Waals surface area contributed by atoms with Crippen LogP contribution in [0, 0.1) is 6.92 Å². The Bertz CT molecular complexity index is 386. The van der Waals surface area contributed by atoms with Crippen molar-refractivity contribution in [2.24, 2.45) is 0 Å². The molecule has 0 spiro atoms. The Morgan fingerprint density at radius 3 is 2.69 bits per heavy atom. The normalized spacial score (nSPS) is 20.1. The lowest BCUT2D eigenvalue weighted by molar-refractivity contribution is -0.117. The van der Waals surface area contributed by atoms with Gasteiger partial charge in [0.1, 0.15) is 5.78 Å². The summed E-state index contributed by atoms with van der Waals surface area (Å²) in [6, 6.07) is 8.84. The molecule has 1 aliphatic carbocycles. The minimum absolute atomic E-state index is 0.414. The molecule has 0 heterocycles. The second-order valence-corrected chi connectivity index (χ2v) is 4.51. The van der Waals surface area contributed by atoms with E-state index in [9.17, 15) is 4.79 Å². The highest BCUT2D eigenvalue weighted by atomic mass is 16.1. The first-order valence-electron chi connectivity index (χ1n) is 6.06. The van der Waals surface area contributed by atoms with Gasteiger partial charge in [0.05, 0.1) is 0 Å². The molecule has 0 N–H and O–H groups in total. The van der Waals surface area contributed by atoms with E-state index in [4.69, 9.17) is 0 Å². The Kier molecular flexibility index (Phi) is 3.28.